The fourth-order valence-electron chi connectivity index (χ4n) is 3.26. The molecule has 4 unspecified atom stereocenters. The van der Waals surface area contributed by atoms with E-state index < -0.39 is 0 Å². The zero-order valence-electron chi connectivity index (χ0n) is 10.2. The van der Waals surface area contributed by atoms with E-state index >= 15 is 0 Å². The summed E-state index contributed by atoms with van der Waals surface area (Å²) in [4.78, 5) is 2.58. The van der Waals surface area contributed by atoms with Crippen molar-refractivity contribution in [3.8, 4) is 0 Å². The second-order valence-corrected chi connectivity index (χ2v) is 5.65. The minimum atomic E-state index is -0.0634. The van der Waals surface area contributed by atoms with Crippen molar-refractivity contribution in [2.45, 2.75) is 70.6 Å². The third kappa shape index (κ3) is 2.54. The Kier molecular flexibility index (Phi) is 3.68. The number of aliphatic hydroxyl groups is 1. The fraction of sp³-hybridized carbons (Fsp3) is 1.00. The van der Waals surface area contributed by atoms with Crippen LogP contribution in [0.2, 0.25) is 0 Å². The zero-order valence-corrected chi connectivity index (χ0v) is 10.2. The molecule has 0 spiro atoms. The molecule has 0 amide bonds. The third-order valence-corrected chi connectivity index (χ3v) is 4.29. The molecule has 1 heterocycles. The molecule has 2 rings (SSSR count). The molecule has 0 aromatic carbocycles. The van der Waals surface area contributed by atoms with E-state index in [9.17, 15) is 5.11 Å². The highest BCUT2D eigenvalue weighted by Crippen LogP contribution is 2.30. The summed E-state index contributed by atoms with van der Waals surface area (Å²) >= 11 is 0. The summed E-state index contributed by atoms with van der Waals surface area (Å²) in [7, 11) is 0. The van der Waals surface area contributed by atoms with Gasteiger partial charge in [-0.05, 0) is 38.5 Å². The predicted molar refractivity (Wildman–Crippen MR) is 62.8 cm³/mol. The van der Waals surface area contributed by atoms with Gasteiger partial charge in [0.25, 0.3) is 0 Å². The normalized spacial score (nSPS) is 44.2. The van der Waals surface area contributed by atoms with Gasteiger partial charge in [0.15, 0.2) is 0 Å². The van der Waals surface area contributed by atoms with Crippen LogP contribution in [-0.4, -0.2) is 34.7 Å². The standard InChI is InChI=1S/C13H25NO/c1-10-7-8-11(2)14(9-10)12-5-3-4-6-13(12)15/h10-13,15H,3-9H2,1-2H3. The number of hydrogen-bond donors (Lipinski definition) is 1. The van der Waals surface area contributed by atoms with Crippen molar-refractivity contribution in [1.29, 1.82) is 0 Å². The Morgan fingerprint density at radius 1 is 1.00 bits per heavy atom. The van der Waals surface area contributed by atoms with Gasteiger partial charge in [0.05, 0.1) is 6.10 Å². The van der Waals surface area contributed by atoms with E-state index in [4.69, 9.17) is 0 Å². The van der Waals surface area contributed by atoms with Crippen LogP contribution in [-0.2, 0) is 0 Å². The first-order valence-corrected chi connectivity index (χ1v) is 6.62. The maximum absolute atomic E-state index is 10.1. The van der Waals surface area contributed by atoms with Crippen LogP contribution >= 0.6 is 0 Å². The largest absolute Gasteiger partial charge is 0.391 e. The number of nitrogens with zero attached hydrogens (tertiary/aromatic N) is 1. The van der Waals surface area contributed by atoms with Gasteiger partial charge < -0.3 is 5.11 Å². The first-order valence-electron chi connectivity index (χ1n) is 6.62. The van der Waals surface area contributed by atoms with Crippen LogP contribution in [0.5, 0.6) is 0 Å². The number of piperidine rings is 1. The Morgan fingerprint density at radius 2 is 1.73 bits per heavy atom. The van der Waals surface area contributed by atoms with Crippen LogP contribution in [0.1, 0.15) is 52.4 Å². The van der Waals surface area contributed by atoms with Crippen LogP contribution < -0.4 is 0 Å². The highest BCUT2D eigenvalue weighted by Gasteiger charge is 2.34. The molecule has 1 saturated carbocycles. The highest BCUT2D eigenvalue weighted by molar-refractivity contribution is 4.88. The van der Waals surface area contributed by atoms with E-state index in [-0.39, 0.29) is 6.10 Å². The molecule has 88 valence electrons. The van der Waals surface area contributed by atoms with Gasteiger partial charge in [0.2, 0.25) is 0 Å². The van der Waals surface area contributed by atoms with Crippen molar-refractivity contribution >= 4 is 0 Å². The highest BCUT2D eigenvalue weighted by atomic mass is 16.3. The number of hydrogen-bond acceptors (Lipinski definition) is 2. The molecular weight excluding hydrogens is 186 g/mol. The average Bonchev–Trinajstić information content (AvgIpc) is 2.23. The van der Waals surface area contributed by atoms with E-state index in [2.05, 4.69) is 18.7 Å². The summed E-state index contributed by atoms with van der Waals surface area (Å²) in [6.45, 7) is 5.87. The molecule has 2 aliphatic rings. The topological polar surface area (TPSA) is 23.5 Å². The smallest absolute Gasteiger partial charge is 0.0695 e. The van der Waals surface area contributed by atoms with Gasteiger partial charge in [-0.3, -0.25) is 4.90 Å². The van der Waals surface area contributed by atoms with E-state index in [1.165, 1.54) is 38.6 Å². The van der Waals surface area contributed by atoms with Gasteiger partial charge in [0.1, 0.15) is 0 Å². The first kappa shape index (κ1) is 11.4. The Labute approximate surface area is 93.7 Å². The van der Waals surface area contributed by atoms with Crippen molar-refractivity contribution < 1.29 is 5.11 Å². The van der Waals surface area contributed by atoms with Crippen molar-refractivity contribution in [2.75, 3.05) is 6.54 Å². The summed E-state index contributed by atoms with van der Waals surface area (Å²) in [5.41, 5.74) is 0. The minimum Gasteiger partial charge on any atom is -0.391 e. The summed E-state index contributed by atoms with van der Waals surface area (Å²) in [5.74, 6) is 0.815. The summed E-state index contributed by atoms with van der Waals surface area (Å²) in [5, 5.41) is 10.1. The van der Waals surface area contributed by atoms with Gasteiger partial charge in [-0.25, -0.2) is 0 Å². The van der Waals surface area contributed by atoms with Gasteiger partial charge in [-0.2, -0.15) is 0 Å². The lowest BCUT2D eigenvalue weighted by Gasteiger charge is -2.45. The molecule has 1 saturated heterocycles. The molecule has 0 radical (unpaired) electrons. The maximum atomic E-state index is 10.1. The monoisotopic (exact) mass is 211 g/mol. The SMILES string of the molecule is CC1CCC(C)N(C2CCCCC2O)C1. The molecule has 0 aromatic heterocycles. The molecule has 1 aliphatic heterocycles. The van der Waals surface area contributed by atoms with Crippen molar-refractivity contribution in [2.24, 2.45) is 5.92 Å². The van der Waals surface area contributed by atoms with Crippen LogP contribution in [0.3, 0.4) is 0 Å². The van der Waals surface area contributed by atoms with Gasteiger partial charge in [-0.15, -0.1) is 0 Å². The molecule has 1 aliphatic carbocycles. The van der Waals surface area contributed by atoms with Crippen LogP contribution in [0.25, 0.3) is 0 Å². The summed E-state index contributed by atoms with van der Waals surface area (Å²) < 4.78 is 0. The number of aliphatic hydroxyl groups excluding tert-OH is 1. The molecule has 1 N–H and O–H groups in total. The van der Waals surface area contributed by atoms with Crippen LogP contribution in [0.4, 0.5) is 0 Å². The Bertz CT molecular complexity index is 207. The average molecular weight is 211 g/mol. The Hall–Kier alpha value is -0.0800. The Balaban J connectivity index is 1.99. The molecule has 0 bridgehead atoms. The first-order chi connectivity index (χ1) is 7.18. The molecule has 2 fully saturated rings. The zero-order chi connectivity index (χ0) is 10.8. The van der Waals surface area contributed by atoms with E-state index in [1.807, 2.05) is 0 Å². The van der Waals surface area contributed by atoms with Crippen molar-refractivity contribution in [3.63, 3.8) is 0 Å². The lowest BCUT2D eigenvalue weighted by molar-refractivity contribution is -0.0211. The second-order valence-electron chi connectivity index (χ2n) is 5.65. The molecule has 0 aromatic rings. The predicted octanol–water partition coefficient (Wildman–Crippen LogP) is 2.41. The Morgan fingerprint density at radius 3 is 2.47 bits per heavy atom. The fourth-order valence-corrected chi connectivity index (χ4v) is 3.26. The van der Waals surface area contributed by atoms with Gasteiger partial charge in [0, 0.05) is 18.6 Å². The summed E-state index contributed by atoms with van der Waals surface area (Å²) in [6.07, 6.45) is 7.35. The second kappa shape index (κ2) is 4.84. The van der Waals surface area contributed by atoms with E-state index in [0.717, 1.165) is 12.3 Å². The molecule has 2 heteroatoms. The lowest BCUT2D eigenvalue weighted by Crippen LogP contribution is -2.53. The van der Waals surface area contributed by atoms with Gasteiger partial charge >= 0.3 is 0 Å². The number of rotatable bonds is 1. The molecule has 4 atom stereocenters. The van der Waals surface area contributed by atoms with Crippen molar-refractivity contribution in [1.82, 2.24) is 4.90 Å². The van der Waals surface area contributed by atoms with Crippen LogP contribution in [0, 0.1) is 5.92 Å². The molecule has 2 nitrogen and oxygen atoms in total. The quantitative estimate of drug-likeness (QED) is 0.720. The van der Waals surface area contributed by atoms with Crippen molar-refractivity contribution in [3.05, 3.63) is 0 Å². The lowest BCUT2D eigenvalue weighted by atomic mass is 9.86. The van der Waals surface area contributed by atoms with Crippen LogP contribution in [0.15, 0.2) is 0 Å². The molecular formula is C13H25NO. The van der Waals surface area contributed by atoms with E-state index in [0.29, 0.717) is 12.1 Å². The summed E-state index contributed by atoms with van der Waals surface area (Å²) in [6, 6.07) is 1.13. The maximum Gasteiger partial charge on any atom is 0.0695 e. The minimum absolute atomic E-state index is 0.0634. The van der Waals surface area contributed by atoms with Gasteiger partial charge in [-0.1, -0.05) is 19.8 Å². The number of likely N-dealkylation sites (tertiary alicyclic amines) is 1. The molecule has 15 heavy (non-hydrogen) atoms. The van der Waals surface area contributed by atoms with E-state index in [1.54, 1.807) is 0 Å². The third-order valence-electron chi connectivity index (χ3n) is 4.29.